The molecule has 0 unspecified atom stereocenters. The summed E-state index contributed by atoms with van der Waals surface area (Å²) in [6.45, 7) is 1.96. The molecule has 0 bridgehead atoms. The van der Waals surface area contributed by atoms with Crippen LogP contribution in [-0.4, -0.2) is 17.6 Å². The Kier molecular flexibility index (Phi) is 4.30. The lowest BCUT2D eigenvalue weighted by molar-refractivity contribution is -0.142. The van der Waals surface area contributed by atoms with Gasteiger partial charge in [0.25, 0.3) is 0 Å². The smallest absolute Gasteiger partial charge is 0.416 e. The lowest BCUT2D eigenvalue weighted by atomic mass is 10.1. The molecule has 1 heterocycles. The number of hydrogen-bond acceptors (Lipinski definition) is 4. The molecule has 2 rings (SSSR count). The van der Waals surface area contributed by atoms with Crippen LogP contribution in [0.5, 0.6) is 0 Å². The van der Waals surface area contributed by atoms with E-state index in [1.807, 2.05) is 0 Å². The molecule has 0 N–H and O–H groups in total. The van der Waals surface area contributed by atoms with E-state index in [2.05, 4.69) is 4.98 Å². The highest BCUT2D eigenvalue weighted by Crippen LogP contribution is 2.30. The summed E-state index contributed by atoms with van der Waals surface area (Å²) in [6.07, 6.45) is -3.15. The molecule has 0 saturated heterocycles. The van der Waals surface area contributed by atoms with Crippen molar-refractivity contribution in [3.05, 3.63) is 41.8 Å². The zero-order chi connectivity index (χ0) is 15.5. The maximum absolute atomic E-state index is 12.5. The first-order chi connectivity index (χ1) is 9.90. The molecular weight excluding hydrogens is 287 g/mol. The highest BCUT2D eigenvalue weighted by molar-refractivity contribution is 5.72. The van der Waals surface area contributed by atoms with Crippen LogP contribution >= 0.6 is 0 Å². The average Bonchev–Trinajstić information content (AvgIpc) is 2.86. The van der Waals surface area contributed by atoms with E-state index >= 15 is 0 Å². The van der Waals surface area contributed by atoms with Crippen molar-refractivity contribution < 1.29 is 27.1 Å². The zero-order valence-corrected chi connectivity index (χ0v) is 11.1. The van der Waals surface area contributed by atoms with Gasteiger partial charge in [0.2, 0.25) is 5.89 Å². The molecule has 1 aromatic heterocycles. The molecule has 0 fully saturated rings. The Balaban J connectivity index is 2.12. The molecule has 0 aliphatic carbocycles. The van der Waals surface area contributed by atoms with Crippen LogP contribution in [0, 0.1) is 0 Å². The fraction of sp³-hybridized carbons (Fsp3) is 0.286. The average molecular weight is 299 g/mol. The standard InChI is InChI=1S/C14H12F3NO3/c1-2-20-12(19)7-11-8-21-13(18-11)9-3-5-10(6-4-9)14(15,16)17/h3-6,8H,2,7H2,1H3. The second-order valence-corrected chi connectivity index (χ2v) is 4.20. The molecule has 0 spiro atoms. The number of halogens is 3. The minimum atomic E-state index is -4.38. The normalized spacial score (nSPS) is 11.4. The van der Waals surface area contributed by atoms with Crippen molar-refractivity contribution in [2.45, 2.75) is 19.5 Å². The van der Waals surface area contributed by atoms with Crippen molar-refractivity contribution in [3.63, 3.8) is 0 Å². The van der Waals surface area contributed by atoms with Gasteiger partial charge in [0.15, 0.2) is 0 Å². The molecule has 0 atom stereocenters. The van der Waals surface area contributed by atoms with Crippen LogP contribution in [0.1, 0.15) is 18.2 Å². The molecule has 0 aliphatic rings. The van der Waals surface area contributed by atoms with Gasteiger partial charge in [-0.15, -0.1) is 0 Å². The van der Waals surface area contributed by atoms with E-state index in [-0.39, 0.29) is 18.9 Å². The summed E-state index contributed by atoms with van der Waals surface area (Å²) in [6, 6.07) is 4.43. The van der Waals surface area contributed by atoms with Crippen LogP contribution in [0.15, 0.2) is 34.9 Å². The van der Waals surface area contributed by atoms with Crippen molar-refractivity contribution in [2.24, 2.45) is 0 Å². The largest absolute Gasteiger partial charge is 0.466 e. The Hall–Kier alpha value is -2.31. The van der Waals surface area contributed by atoms with Crippen LogP contribution in [0.25, 0.3) is 11.5 Å². The van der Waals surface area contributed by atoms with Gasteiger partial charge < -0.3 is 9.15 Å². The number of ether oxygens (including phenoxy) is 1. The highest BCUT2D eigenvalue weighted by Gasteiger charge is 2.30. The van der Waals surface area contributed by atoms with Gasteiger partial charge in [-0.05, 0) is 31.2 Å². The summed E-state index contributed by atoms with van der Waals surface area (Å²) in [5.41, 5.74) is 0.0195. The fourth-order valence-corrected chi connectivity index (χ4v) is 1.68. The number of nitrogens with zero attached hydrogens (tertiary/aromatic N) is 1. The minimum absolute atomic E-state index is 0.0437. The molecule has 0 radical (unpaired) electrons. The van der Waals surface area contributed by atoms with Crippen LogP contribution < -0.4 is 0 Å². The van der Waals surface area contributed by atoms with Crippen molar-refractivity contribution in [1.29, 1.82) is 0 Å². The summed E-state index contributed by atoms with van der Waals surface area (Å²) in [5.74, 6) is -0.284. The predicted octanol–water partition coefficient (Wildman–Crippen LogP) is 3.47. The minimum Gasteiger partial charge on any atom is -0.466 e. The van der Waals surface area contributed by atoms with Gasteiger partial charge >= 0.3 is 12.1 Å². The third kappa shape index (κ3) is 3.84. The molecule has 4 nitrogen and oxygen atoms in total. The van der Waals surface area contributed by atoms with Crippen molar-refractivity contribution >= 4 is 5.97 Å². The quantitative estimate of drug-likeness (QED) is 0.811. The van der Waals surface area contributed by atoms with Crippen LogP contribution in [0.4, 0.5) is 13.2 Å². The molecular formula is C14H12F3NO3. The van der Waals surface area contributed by atoms with Gasteiger partial charge in [0, 0.05) is 5.56 Å². The lowest BCUT2D eigenvalue weighted by Gasteiger charge is -2.05. The maximum atomic E-state index is 12.5. The second-order valence-electron chi connectivity index (χ2n) is 4.20. The first-order valence-electron chi connectivity index (χ1n) is 6.18. The molecule has 0 saturated carbocycles. The van der Waals surface area contributed by atoms with Crippen LogP contribution in [0.3, 0.4) is 0 Å². The Morgan fingerprint density at radius 3 is 2.52 bits per heavy atom. The van der Waals surface area contributed by atoms with Crippen LogP contribution in [0.2, 0.25) is 0 Å². The monoisotopic (exact) mass is 299 g/mol. The number of oxazole rings is 1. The Morgan fingerprint density at radius 1 is 1.29 bits per heavy atom. The number of carbonyl (C=O) groups is 1. The number of aromatic nitrogens is 1. The highest BCUT2D eigenvalue weighted by atomic mass is 19.4. The number of alkyl halides is 3. The van der Waals surface area contributed by atoms with E-state index in [0.29, 0.717) is 11.3 Å². The van der Waals surface area contributed by atoms with E-state index in [1.54, 1.807) is 6.92 Å². The molecule has 7 heteroatoms. The summed E-state index contributed by atoms with van der Waals surface area (Å²) in [4.78, 5) is 15.3. The predicted molar refractivity (Wildman–Crippen MR) is 67.3 cm³/mol. The molecule has 2 aromatic rings. The maximum Gasteiger partial charge on any atom is 0.416 e. The molecule has 112 valence electrons. The van der Waals surface area contributed by atoms with Gasteiger partial charge in [0.05, 0.1) is 24.3 Å². The van der Waals surface area contributed by atoms with Crippen molar-refractivity contribution in [2.75, 3.05) is 6.61 Å². The third-order valence-electron chi connectivity index (χ3n) is 2.64. The molecule has 0 amide bonds. The van der Waals surface area contributed by atoms with Crippen LogP contribution in [-0.2, 0) is 22.1 Å². The van der Waals surface area contributed by atoms with Gasteiger partial charge in [-0.25, -0.2) is 4.98 Å². The van der Waals surface area contributed by atoms with E-state index in [0.717, 1.165) is 12.1 Å². The number of benzene rings is 1. The third-order valence-corrected chi connectivity index (χ3v) is 2.64. The van der Waals surface area contributed by atoms with E-state index in [9.17, 15) is 18.0 Å². The van der Waals surface area contributed by atoms with Gasteiger partial charge in [-0.1, -0.05) is 0 Å². The first-order valence-corrected chi connectivity index (χ1v) is 6.18. The summed E-state index contributed by atoms with van der Waals surface area (Å²) in [7, 11) is 0. The molecule has 1 aromatic carbocycles. The number of rotatable bonds is 4. The zero-order valence-electron chi connectivity index (χ0n) is 11.1. The SMILES string of the molecule is CCOC(=O)Cc1coc(-c2ccc(C(F)(F)F)cc2)n1. The van der Waals surface area contributed by atoms with Gasteiger partial charge in [0.1, 0.15) is 6.26 Å². The summed E-state index contributed by atoms with van der Waals surface area (Å²) in [5, 5.41) is 0. The Morgan fingerprint density at radius 2 is 1.95 bits per heavy atom. The number of carbonyl (C=O) groups excluding carboxylic acids is 1. The van der Waals surface area contributed by atoms with E-state index in [4.69, 9.17) is 9.15 Å². The lowest BCUT2D eigenvalue weighted by Crippen LogP contribution is -2.07. The topological polar surface area (TPSA) is 52.3 Å². The molecule has 0 aliphatic heterocycles. The molecule has 21 heavy (non-hydrogen) atoms. The fourth-order valence-electron chi connectivity index (χ4n) is 1.68. The number of esters is 1. The first kappa shape index (κ1) is 15.1. The second kappa shape index (κ2) is 5.99. The summed E-state index contributed by atoms with van der Waals surface area (Å²) < 4.78 is 47.3. The van der Waals surface area contributed by atoms with Gasteiger partial charge in [-0.3, -0.25) is 4.79 Å². The Bertz CT molecular complexity index is 617. The van der Waals surface area contributed by atoms with E-state index < -0.39 is 17.7 Å². The Labute approximate surface area is 118 Å². The summed E-state index contributed by atoms with van der Waals surface area (Å²) >= 11 is 0. The number of hydrogen-bond donors (Lipinski definition) is 0. The van der Waals surface area contributed by atoms with Gasteiger partial charge in [-0.2, -0.15) is 13.2 Å². The van der Waals surface area contributed by atoms with E-state index in [1.165, 1.54) is 18.4 Å². The van der Waals surface area contributed by atoms with Crippen molar-refractivity contribution in [1.82, 2.24) is 4.98 Å². The van der Waals surface area contributed by atoms with Crippen molar-refractivity contribution in [3.8, 4) is 11.5 Å².